The molecule has 0 amide bonds. The van der Waals surface area contributed by atoms with Crippen LogP contribution in [0.25, 0.3) is 0 Å². The van der Waals surface area contributed by atoms with Crippen LogP contribution >= 0.6 is 0 Å². The molecule has 0 bridgehead atoms. The predicted molar refractivity (Wildman–Crippen MR) is 85.1 cm³/mol. The van der Waals surface area contributed by atoms with E-state index in [4.69, 9.17) is 0 Å². The van der Waals surface area contributed by atoms with E-state index in [0.29, 0.717) is 25.5 Å². The van der Waals surface area contributed by atoms with Gasteiger partial charge in [0.2, 0.25) is 0 Å². The maximum atomic E-state index is 12.8. The molecular formula is C16H18F3N5. The number of rotatable bonds is 2. The lowest BCUT2D eigenvalue weighted by Crippen LogP contribution is -2.32. The molecule has 8 heteroatoms. The summed E-state index contributed by atoms with van der Waals surface area (Å²) in [5.74, 6) is 1.15. The zero-order valence-corrected chi connectivity index (χ0v) is 13.3. The maximum Gasteiger partial charge on any atom is 0.433 e. The molecule has 0 spiro atoms. The first-order chi connectivity index (χ1) is 11.4. The van der Waals surface area contributed by atoms with Gasteiger partial charge < -0.3 is 9.80 Å². The molecule has 5 nitrogen and oxygen atoms in total. The molecular weight excluding hydrogens is 319 g/mol. The topological polar surface area (TPSA) is 45.2 Å². The third-order valence-electron chi connectivity index (χ3n) is 3.95. The van der Waals surface area contributed by atoms with E-state index in [0.717, 1.165) is 30.5 Å². The lowest BCUT2D eigenvalue weighted by atomic mass is 10.3. The molecule has 0 saturated carbocycles. The summed E-state index contributed by atoms with van der Waals surface area (Å²) in [6.07, 6.45) is -3.61. The van der Waals surface area contributed by atoms with Gasteiger partial charge in [0.25, 0.3) is 0 Å². The average molecular weight is 337 g/mol. The third kappa shape index (κ3) is 3.74. The second kappa shape index (κ2) is 6.62. The van der Waals surface area contributed by atoms with Crippen LogP contribution in [0.3, 0.4) is 0 Å². The maximum absolute atomic E-state index is 12.8. The molecule has 2 aromatic rings. The Hall–Kier alpha value is -2.38. The van der Waals surface area contributed by atoms with E-state index < -0.39 is 11.9 Å². The Kier molecular flexibility index (Phi) is 4.55. The van der Waals surface area contributed by atoms with Crippen LogP contribution in [0.1, 0.15) is 17.8 Å². The molecule has 128 valence electrons. The highest BCUT2D eigenvalue weighted by atomic mass is 19.4. The van der Waals surface area contributed by atoms with Gasteiger partial charge in [-0.25, -0.2) is 4.98 Å². The van der Waals surface area contributed by atoms with Crippen molar-refractivity contribution in [3.05, 3.63) is 41.7 Å². The fraction of sp³-hybridized carbons (Fsp3) is 0.438. The second-order valence-electron chi connectivity index (χ2n) is 5.74. The average Bonchev–Trinajstić information content (AvgIpc) is 2.81. The van der Waals surface area contributed by atoms with Crippen LogP contribution in [-0.2, 0) is 6.18 Å². The summed E-state index contributed by atoms with van der Waals surface area (Å²) >= 11 is 0. The van der Waals surface area contributed by atoms with Gasteiger partial charge in [0.15, 0.2) is 5.82 Å². The largest absolute Gasteiger partial charge is 0.433 e. The SMILES string of the molecule is Cc1ccc(N2CCCN(c3cccc(C(F)(F)F)n3)CC2)nn1. The van der Waals surface area contributed by atoms with Crippen LogP contribution in [0.5, 0.6) is 0 Å². The van der Waals surface area contributed by atoms with Crippen molar-refractivity contribution in [1.82, 2.24) is 15.2 Å². The number of pyridine rings is 1. The molecule has 1 fully saturated rings. The Balaban J connectivity index is 1.73. The van der Waals surface area contributed by atoms with Gasteiger partial charge in [-0.15, -0.1) is 5.10 Å². The fourth-order valence-electron chi connectivity index (χ4n) is 2.69. The normalized spacial score (nSPS) is 16.2. The number of hydrogen-bond acceptors (Lipinski definition) is 5. The van der Waals surface area contributed by atoms with Gasteiger partial charge in [-0.2, -0.15) is 18.3 Å². The molecule has 1 aliphatic rings. The van der Waals surface area contributed by atoms with Crippen molar-refractivity contribution >= 4 is 11.6 Å². The third-order valence-corrected chi connectivity index (χ3v) is 3.95. The summed E-state index contributed by atoms with van der Waals surface area (Å²) in [6.45, 7) is 4.57. The second-order valence-corrected chi connectivity index (χ2v) is 5.74. The predicted octanol–water partition coefficient (Wildman–Crippen LogP) is 2.92. The van der Waals surface area contributed by atoms with Crippen molar-refractivity contribution in [3.63, 3.8) is 0 Å². The van der Waals surface area contributed by atoms with Crippen molar-refractivity contribution in [3.8, 4) is 0 Å². The number of aryl methyl sites for hydroxylation is 1. The Morgan fingerprint density at radius 2 is 1.58 bits per heavy atom. The first-order valence-electron chi connectivity index (χ1n) is 7.78. The van der Waals surface area contributed by atoms with Gasteiger partial charge in [0, 0.05) is 26.2 Å². The van der Waals surface area contributed by atoms with Crippen molar-refractivity contribution in [2.24, 2.45) is 0 Å². The van der Waals surface area contributed by atoms with E-state index in [-0.39, 0.29) is 0 Å². The quantitative estimate of drug-likeness (QED) is 0.843. The minimum atomic E-state index is -4.43. The van der Waals surface area contributed by atoms with Crippen LogP contribution in [0.15, 0.2) is 30.3 Å². The fourth-order valence-corrected chi connectivity index (χ4v) is 2.69. The van der Waals surface area contributed by atoms with Gasteiger partial charge in [0.1, 0.15) is 11.5 Å². The van der Waals surface area contributed by atoms with Crippen molar-refractivity contribution in [1.29, 1.82) is 0 Å². The van der Waals surface area contributed by atoms with E-state index in [1.807, 2.05) is 24.0 Å². The van der Waals surface area contributed by atoms with Gasteiger partial charge in [0.05, 0.1) is 5.69 Å². The molecule has 0 N–H and O–H groups in total. The summed E-state index contributed by atoms with van der Waals surface area (Å²) in [6, 6.07) is 7.84. The molecule has 0 aromatic carbocycles. The smallest absolute Gasteiger partial charge is 0.355 e. The summed E-state index contributed by atoms with van der Waals surface area (Å²) in [7, 11) is 0. The van der Waals surface area contributed by atoms with Crippen LogP contribution in [0, 0.1) is 6.92 Å². The van der Waals surface area contributed by atoms with E-state index in [1.54, 1.807) is 6.07 Å². The van der Waals surface area contributed by atoms with Gasteiger partial charge in [-0.05, 0) is 37.6 Å². The Morgan fingerprint density at radius 1 is 0.875 bits per heavy atom. The van der Waals surface area contributed by atoms with Crippen molar-refractivity contribution in [2.45, 2.75) is 19.5 Å². The molecule has 0 unspecified atom stereocenters. The van der Waals surface area contributed by atoms with Crippen molar-refractivity contribution in [2.75, 3.05) is 36.0 Å². The molecule has 0 radical (unpaired) electrons. The first kappa shape index (κ1) is 16.5. The number of aromatic nitrogens is 3. The van der Waals surface area contributed by atoms with Crippen LogP contribution in [0.2, 0.25) is 0 Å². The zero-order chi connectivity index (χ0) is 17.2. The summed E-state index contributed by atoms with van der Waals surface area (Å²) < 4.78 is 38.5. The molecule has 3 heterocycles. The minimum Gasteiger partial charge on any atom is -0.355 e. The van der Waals surface area contributed by atoms with E-state index in [2.05, 4.69) is 20.1 Å². The van der Waals surface area contributed by atoms with E-state index >= 15 is 0 Å². The van der Waals surface area contributed by atoms with E-state index in [1.165, 1.54) is 6.07 Å². The van der Waals surface area contributed by atoms with Gasteiger partial charge >= 0.3 is 6.18 Å². The minimum absolute atomic E-state index is 0.363. The Bertz CT molecular complexity index is 687. The highest BCUT2D eigenvalue weighted by Crippen LogP contribution is 2.29. The number of alkyl halides is 3. The number of anilines is 2. The van der Waals surface area contributed by atoms with Crippen LogP contribution in [-0.4, -0.2) is 41.4 Å². The van der Waals surface area contributed by atoms with Gasteiger partial charge in [-0.1, -0.05) is 6.07 Å². The monoisotopic (exact) mass is 337 g/mol. The Labute approximate surface area is 138 Å². The van der Waals surface area contributed by atoms with Crippen LogP contribution < -0.4 is 9.80 Å². The first-order valence-corrected chi connectivity index (χ1v) is 7.78. The highest BCUT2D eigenvalue weighted by molar-refractivity contribution is 5.43. The molecule has 2 aromatic heterocycles. The van der Waals surface area contributed by atoms with E-state index in [9.17, 15) is 13.2 Å². The number of nitrogens with zero attached hydrogens (tertiary/aromatic N) is 5. The van der Waals surface area contributed by atoms with Gasteiger partial charge in [-0.3, -0.25) is 0 Å². The summed E-state index contributed by atoms with van der Waals surface area (Å²) in [5, 5.41) is 8.24. The molecule has 1 aliphatic heterocycles. The number of halogens is 3. The summed E-state index contributed by atoms with van der Waals surface area (Å²) in [5.41, 5.74) is -0.00568. The van der Waals surface area contributed by atoms with Crippen molar-refractivity contribution < 1.29 is 13.2 Å². The molecule has 0 aliphatic carbocycles. The lowest BCUT2D eigenvalue weighted by Gasteiger charge is -2.23. The highest BCUT2D eigenvalue weighted by Gasteiger charge is 2.33. The molecule has 24 heavy (non-hydrogen) atoms. The number of hydrogen-bond donors (Lipinski definition) is 0. The lowest BCUT2D eigenvalue weighted by molar-refractivity contribution is -0.141. The summed E-state index contributed by atoms with van der Waals surface area (Å²) in [4.78, 5) is 7.76. The zero-order valence-electron chi connectivity index (χ0n) is 13.3. The molecule has 3 rings (SSSR count). The molecule has 1 saturated heterocycles. The standard InChI is InChI=1S/C16H18F3N5/c1-12-6-7-15(22-21-12)24-9-3-8-23(10-11-24)14-5-2-4-13(20-14)16(17,18)19/h2,4-7H,3,8-11H2,1H3. The molecule has 0 atom stereocenters. The Morgan fingerprint density at radius 3 is 2.21 bits per heavy atom. The van der Waals surface area contributed by atoms with Crippen LogP contribution in [0.4, 0.5) is 24.8 Å².